The maximum atomic E-state index is 6.57. The predicted octanol–water partition coefficient (Wildman–Crippen LogP) is 7.14. The van der Waals surface area contributed by atoms with Crippen molar-refractivity contribution in [3.63, 3.8) is 0 Å². The van der Waals surface area contributed by atoms with Gasteiger partial charge in [-0.05, 0) is 35.7 Å². The van der Waals surface area contributed by atoms with Crippen molar-refractivity contribution in [3.05, 3.63) is 103 Å². The van der Waals surface area contributed by atoms with Crippen LogP contribution in [0.5, 0.6) is 0 Å². The average Bonchev–Trinajstić information content (AvgIpc) is 3.43. The topological polar surface area (TPSA) is 43.9 Å². The van der Waals surface area contributed by atoms with Gasteiger partial charge in [-0.1, -0.05) is 60.7 Å². The Morgan fingerprint density at radius 2 is 1.47 bits per heavy atom. The number of hydrogen-bond donors (Lipinski definition) is 0. The molecule has 3 heterocycles. The second-order valence-electron chi connectivity index (χ2n) is 7.92. The highest BCUT2D eigenvalue weighted by Gasteiger charge is 2.20. The van der Waals surface area contributed by atoms with Crippen LogP contribution in [0, 0.1) is 0 Å². The summed E-state index contributed by atoms with van der Waals surface area (Å²) in [7, 11) is 0. The first-order chi connectivity index (χ1) is 15.9. The minimum Gasteiger partial charge on any atom is -0.455 e. The molecule has 0 amide bonds. The molecule has 0 aliphatic carbocycles. The first kappa shape index (κ1) is 17.3. The molecule has 32 heavy (non-hydrogen) atoms. The van der Waals surface area contributed by atoms with E-state index in [1.165, 1.54) is 5.39 Å². The standard InChI is InChI=1S/C28H17N3O/c1-2-8-19(9-3-1)31-25-15-16-29-17-24(25)30-28(31)23-12-6-11-21-22-14-13-18-7-4-5-10-20(18)26(22)32-27(21)23/h1-17H. The summed E-state index contributed by atoms with van der Waals surface area (Å²) >= 11 is 0. The molecular formula is C28H17N3O. The zero-order valence-corrected chi connectivity index (χ0v) is 17.1. The second kappa shape index (κ2) is 6.53. The molecule has 0 atom stereocenters. The highest BCUT2D eigenvalue weighted by molar-refractivity contribution is 6.17. The molecule has 7 aromatic rings. The number of imidazole rings is 1. The van der Waals surface area contributed by atoms with Crippen molar-refractivity contribution in [3.8, 4) is 17.1 Å². The van der Waals surface area contributed by atoms with Crippen molar-refractivity contribution >= 4 is 43.7 Å². The zero-order chi connectivity index (χ0) is 21.1. The molecule has 0 saturated carbocycles. The fourth-order valence-electron chi connectivity index (χ4n) is 4.65. The molecule has 150 valence electrons. The van der Waals surface area contributed by atoms with Crippen LogP contribution in [0.3, 0.4) is 0 Å². The van der Waals surface area contributed by atoms with Gasteiger partial charge in [-0.2, -0.15) is 0 Å². The van der Waals surface area contributed by atoms with E-state index in [1.54, 1.807) is 6.20 Å². The Kier molecular flexibility index (Phi) is 3.52. The Hall–Kier alpha value is -4.44. The molecule has 3 aromatic heterocycles. The number of furan rings is 1. The SMILES string of the molecule is c1ccc(-n2c(-c3cccc4c3oc3c5ccccc5ccc43)nc3cnccc32)cc1. The summed E-state index contributed by atoms with van der Waals surface area (Å²) in [6.45, 7) is 0. The lowest BCUT2D eigenvalue weighted by molar-refractivity contribution is 0.673. The Morgan fingerprint density at radius 3 is 2.41 bits per heavy atom. The molecule has 0 fully saturated rings. The van der Waals surface area contributed by atoms with Gasteiger partial charge in [0, 0.05) is 28.0 Å². The maximum Gasteiger partial charge on any atom is 0.149 e. The van der Waals surface area contributed by atoms with Crippen LogP contribution in [0.2, 0.25) is 0 Å². The van der Waals surface area contributed by atoms with Gasteiger partial charge in [0.05, 0.1) is 17.3 Å². The minimum absolute atomic E-state index is 0.841. The molecule has 0 N–H and O–H groups in total. The van der Waals surface area contributed by atoms with Crippen molar-refractivity contribution in [1.29, 1.82) is 0 Å². The molecular weight excluding hydrogens is 394 g/mol. The quantitative estimate of drug-likeness (QED) is 0.304. The molecule has 0 unspecified atom stereocenters. The number of nitrogens with zero attached hydrogens (tertiary/aromatic N) is 3. The predicted molar refractivity (Wildman–Crippen MR) is 129 cm³/mol. The van der Waals surface area contributed by atoms with Gasteiger partial charge in [0.15, 0.2) is 0 Å². The molecule has 7 rings (SSSR count). The van der Waals surface area contributed by atoms with E-state index in [2.05, 4.69) is 76.3 Å². The van der Waals surface area contributed by atoms with Crippen LogP contribution in [0.25, 0.3) is 60.8 Å². The molecule has 4 aromatic carbocycles. The summed E-state index contributed by atoms with van der Waals surface area (Å²) in [5.41, 5.74) is 5.64. The fraction of sp³-hybridized carbons (Fsp3) is 0. The maximum absolute atomic E-state index is 6.57. The number of rotatable bonds is 2. The van der Waals surface area contributed by atoms with Crippen molar-refractivity contribution in [1.82, 2.24) is 14.5 Å². The summed E-state index contributed by atoms with van der Waals surface area (Å²) < 4.78 is 8.75. The molecule has 0 aliphatic rings. The number of pyridine rings is 1. The highest BCUT2D eigenvalue weighted by atomic mass is 16.3. The number of aromatic nitrogens is 3. The molecule has 0 saturated heterocycles. The van der Waals surface area contributed by atoms with Crippen LogP contribution >= 0.6 is 0 Å². The normalized spacial score (nSPS) is 11.8. The third-order valence-corrected chi connectivity index (χ3v) is 6.10. The monoisotopic (exact) mass is 411 g/mol. The molecule has 0 radical (unpaired) electrons. The van der Waals surface area contributed by atoms with E-state index in [4.69, 9.17) is 9.40 Å². The van der Waals surface area contributed by atoms with E-state index in [-0.39, 0.29) is 0 Å². The number of para-hydroxylation sites is 2. The smallest absolute Gasteiger partial charge is 0.149 e. The van der Waals surface area contributed by atoms with Crippen LogP contribution < -0.4 is 0 Å². The molecule has 0 bridgehead atoms. The summed E-state index contributed by atoms with van der Waals surface area (Å²) in [5.74, 6) is 0.841. The van der Waals surface area contributed by atoms with Crippen molar-refractivity contribution < 1.29 is 4.42 Å². The molecule has 0 spiro atoms. The summed E-state index contributed by atoms with van der Waals surface area (Å²) in [5, 5.41) is 4.49. The fourth-order valence-corrected chi connectivity index (χ4v) is 4.65. The summed E-state index contributed by atoms with van der Waals surface area (Å²) in [6.07, 6.45) is 3.62. The van der Waals surface area contributed by atoms with Gasteiger partial charge in [-0.25, -0.2) is 4.98 Å². The Labute approximate surface area is 183 Å². The van der Waals surface area contributed by atoms with Gasteiger partial charge < -0.3 is 4.42 Å². The number of fused-ring (bicyclic) bond motifs is 6. The van der Waals surface area contributed by atoms with Gasteiger partial charge >= 0.3 is 0 Å². The van der Waals surface area contributed by atoms with Gasteiger partial charge in [-0.15, -0.1) is 0 Å². The van der Waals surface area contributed by atoms with E-state index >= 15 is 0 Å². The van der Waals surface area contributed by atoms with E-state index < -0.39 is 0 Å². The van der Waals surface area contributed by atoms with E-state index in [9.17, 15) is 0 Å². The van der Waals surface area contributed by atoms with Crippen LogP contribution in [-0.2, 0) is 0 Å². The van der Waals surface area contributed by atoms with E-state index in [0.717, 1.165) is 55.4 Å². The second-order valence-corrected chi connectivity index (χ2v) is 7.92. The van der Waals surface area contributed by atoms with Gasteiger partial charge in [0.1, 0.15) is 22.5 Å². The van der Waals surface area contributed by atoms with Gasteiger partial charge in [-0.3, -0.25) is 9.55 Å². The Bertz CT molecular complexity index is 1780. The summed E-state index contributed by atoms with van der Waals surface area (Å²) in [6, 6.07) is 31.2. The minimum atomic E-state index is 0.841. The first-order valence-corrected chi connectivity index (χ1v) is 10.6. The van der Waals surface area contributed by atoms with Crippen molar-refractivity contribution in [2.45, 2.75) is 0 Å². The Morgan fingerprint density at radius 1 is 0.656 bits per heavy atom. The van der Waals surface area contributed by atoms with Crippen LogP contribution in [0.1, 0.15) is 0 Å². The first-order valence-electron chi connectivity index (χ1n) is 10.6. The number of hydrogen-bond acceptors (Lipinski definition) is 3. The molecule has 4 nitrogen and oxygen atoms in total. The molecule has 0 aliphatic heterocycles. The average molecular weight is 411 g/mol. The van der Waals surface area contributed by atoms with E-state index in [0.29, 0.717) is 0 Å². The largest absolute Gasteiger partial charge is 0.455 e. The number of benzene rings is 4. The van der Waals surface area contributed by atoms with Crippen molar-refractivity contribution in [2.24, 2.45) is 0 Å². The molecule has 4 heteroatoms. The lowest BCUT2D eigenvalue weighted by atomic mass is 10.0. The third kappa shape index (κ3) is 2.38. The van der Waals surface area contributed by atoms with Crippen molar-refractivity contribution in [2.75, 3.05) is 0 Å². The summed E-state index contributed by atoms with van der Waals surface area (Å²) in [4.78, 5) is 9.27. The van der Waals surface area contributed by atoms with Crippen LogP contribution in [0.15, 0.2) is 108 Å². The van der Waals surface area contributed by atoms with Crippen LogP contribution in [-0.4, -0.2) is 14.5 Å². The van der Waals surface area contributed by atoms with E-state index in [1.807, 2.05) is 30.5 Å². The zero-order valence-electron chi connectivity index (χ0n) is 17.1. The highest BCUT2D eigenvalue weighted by Crippen LogP contribution is 2.39. The van der Waals surface area contributed by atoms with Crippen LogP contribution in [0.4, 0.5) is 0 Å². The Balaban J connectivity index is 1.61. The lowest BCUT2D eigenvalue weighted by Crippen LogP contribution is -1.97. The van der Waals surface area contributed by atoms with Gasteiger partial charge in [0.2, 0.25) is 0 Å². The lowest BCUT2D eigenvalue weighted by Gasteiger charge is -2.09. The third-order valence-electron chi connectivity index (χ3n) is 6.10. The van der Waals surface area contributed by atoms with Gasteiger partial charge in [0.25, 0.3) is 0 Å².